The average molecular weight is 311 g/mol. The highest BCUT2D eigenvalue weighted by molar-refractivity contribution is 7.90. The molecule has 21 heavy (non-hydrogen) atoms. The summed E-state index contributed by atoms with van der Waals surface area (Å²) in [5.74, 6) is -0.677. The van der Waals surface area contributed by atoms with Gasteiger partial charge in [-0.05, 0) is 36.5 Å². The van der Waals surface area contributed by atoms with Crippen LogP contribution in [0.15, 0.2) is 22.0 Å². The maximum absolute atomic E-state index is 12.0. The van der Waals surface area contributed by atoms with E-state index in [4.69, 9.17) is 16.2 Å². The van der Waals surface area contributed by atoms with Crippen molar-refractivity contribution in [2.24, 2.45) is 16.5 Å². The summed E-state index contributed by atoms with van der Waals surface area (Å²) in [4.78, 5) is 15.5. The van der Waals surface area contributed by atoms with Gasteiger partial charge in [0.2, 0.25) is 0 Å². The van der Waals surface area contributed by atoms with Crippen LogP contribution in [0.2, 0.25) is 0 Å². The molecule has 1 aromatic carbocycles. The van der Waals surface area contributed by atoms with Gasteiger partial charge in [0.05, 0.1) is 17.6 Å². The first-order chi connectivity index (χ1) is 9.74. The molecule has 1 fully saturated rings. The number of methoxy groups -OCH3 is 1. The van der Waals surface area contributed by atoms with Crippen molar-refractivity contribution in [2.45, 2.75) is 23.7 Å². The summed E-state index contributed by atoms with van der Waals surface area (Å²) >= 11 is 0. The minimum absolute atomic E-state index is 0.0238. The molecule has 0 radical (unpaired) electrons. The Morgan fingerprint density at radius 3 is 2.38 bits per heavy atom. The molecule has 114 valence electrons. The molecule has 0 heterocycles. The number of aliphatic imine (C=N–C) groups is 1. The van der Waals surface area contributed by atoms with Gasteiger partial charge in [-0.15, -0.1) is 0 Å². The summed E-state index contributed by atoms with van der Waals surface area (Å²) in [5, 5.41) is 0. The van der Waals surface area contributed by atoms with Crippen LogP contribution in [0.25, 0.3) is 0 Å². The third-order valence-electron chi connectivity index (χ3n) is 3.21. The summed E-state index contributed by atoms with van der Waals surface area (Å²) in [7, 11) is -2.07. The van der Waals surface area contributed by atoms with Crippen LogP contribution in [0.1, 0.15) is 34.7 Å². The molecule has 1 aliphatic rings. The molecule has 1 saturated carbocycles. The summed E-state index contributed by atoms with van der Waals surface area (Å²) in [6.45, 7) is 0. The van der Waals surface area contributed by atoms with E-state index in [-0.39, 0.29) is 22.1 Å². The lowest BCUT2D eigenvalue weighted by molar-refractivity contribution is 0.0999. The fourth-order valence-corrected chi connectivity index (χ4v) is 3.11. The number of nitrogens with zero attached hydrogens (tertiary/aromatic N) is 1. The SMILES string of the molecule is COc1cc(C2CC2)c(S(C)(=O)=O)cc1C(=O)N=C(N)N. The second-order valence-electron chi connectivity index (χ2n) is 4.98. The minimum atomic E-state index is -3.47. The predicted molar refractivity (Wildman–Crippen MR) is 78.2 cm³/mol. The van der Waals surface area contributed by atoms with E-state index in [1.54, 1.807) is 6.07 Å². The van der Waals surface area contributed by atoms with Gasteiger partial charge in [0.25, 0.3) is 5.91 Å². The van der Waals surface area contributed by atoms with Gasteiger partial charge in [-0.3, -0.25) is 4.79 Å². The van der Waals surface area contributed by atoms with E-state index in [2.05, 4.69) is 4.99 Å². The molecule has 4 N–H and O–H groups in total. The zero-order valence-corrected chi connectivity index (χ0v) is 12.6. The van der Waals surface area contributed by atoms with E-state index in [0.29, 0.717) is 5.56 Å². The van der Waals surface area contributed by atoms with Gasteiger partial charge in [0.1, 0.15) is 5.75 Å². The zero-order chi connectivity index (χ0) is 15.8. The van der Waals surface area contributed by atoms with Gasteiger partial charge in [0.15, 0.2) is 15.8 Å². The van der Waals surface area contributed by atoms with Crippen LogP contribution < -0.4 is 16.2 Å². The Morgan fingerprint density at radius 2 is 1.95 bits per heavy atom. The number of amides is 1. The van der Waals surface area contributed by atoms with Crippen LogP contribution >= 0.6 is 0 Å². The monoisotopic (exact) mass is 311 g/mol. The fraction of sp³-hybridized carbons (Fsp3) is 0.385. The Labute approximate surface area is 122 Å². The first-order valence-electron chi connectivity index (χ1n) is 6.30. The number of carbonyl (C=O) groups excluding carboxylic acids is 1. The highest BCUT2D eigenvalue weighted by Gasteiger charge is 2.31. The molecule has 0 saturated heterocycles. The summed E-state index contributed by atoms with van der Waals surface area (Å²) in [6, 6.07) is 2.88. The second-order valence-corrected chi connectivity index (χ2v) is 6.96. The molecule has 0 unspecified atom stereocenters. The van der Waals surface area contributed by atoms with Crippen molar-refractivity contribution in [2.75, 3.05) is 13.4 Å². The average Bonchev–Trinajstić information content (AvgIpc) is 3.19. The maximum atomic E-state index is 12.0. The molecular weight excluding hydrogens is 294 g/mol. The Hall–Kier alpha value is -2.09. The molecule has 1 amide bonds. The Bertz CT molecular complexity index is 717. The molecule has 2 rings (SSSR count). The lowest BCUT2D eigenvalue weighted by atomic mass is 10.1. The van der Waals surface area contributed by atoms with E-state index < -0.39 is 21.7 Å². The molecule has 1 aromatic rings. The van der Waals surface area contributed by atoms with E-state index in [1.807, 2.05) is 0 Å². The van der Waals surface area contributed by atoms with Gasteiger partial charge in [0, 0.05) is 6.26 Å². The predicted octanol–water partition coefficient (Wildman–Crippen LogP) is 0.390. The number of ether oxygens (including phenoxy) is 1. The molecule has 0 aliphatic heterocycles. The maximum Gasteiger partial charge on any atom is 0.283 e. The van der Waals surface area contributed by atoms with E-state index in [0.717, 1.165) is 19.1 Å². The van der Waals surface area contributed by atoms with Gasteiger partial charge < -0.3 is 16.2 Å². The lowest BCUT2D eigenvalue weighted by Crippen LogP contribution is -2.24. The number of hydrogen-bond donors (Lipinski definition) is 2. The standard InChI is InChI=1S/C13H17N3O4S/c1-20-10-5-8(7-3-4-7)11(21(2,18)19)6-9(10)12(17)16-13(14)15/h5-7H,3-4H2,1-2H3,(H4,14,15,16,17). The van der Waals surface area contributed by atoms with Crippen molar-refractivity contribution in [1.82, 2.24) is 0 Å². The van der Waals surface area contributed by atoms with Crippen LogP contribution in [0, 0.1) is 0 Å². The molecule has 8 heteroatoms. The second kappa shape index (κ2) is 5.36. The zero-order valence-electron chi connectivity index (χ0n) is 11.8. The number of sulfone groups is 1. The fourth-order valence-electron chi connectivity index (χ4n) is 2.12. The Balaban J connectivity index is 2.65. The van der Waals surface area contributed by atoms with Gasteiger partial charge in [-0.1, -0.05) is 0 Å². The van der Waals surface area contributed by atoms with E-state index in [9.17, 15) is 13.2 Å². The number of benzene rings is 1. The Kier molecular flexibility index (Phi) is 3.91. The van der Waals surface area contributed by atoms with Gasteiger partial charge >= 0.3 is 0 Å². The molecule has 0 aromatic heterocycles. The first kappa shape index (κ1) is 15.3. The van der Waals surface area contributed by atoms with Crippen molar-refractivity contribution in [3.05, 3.63) is 23.3 Å². The Morgan fingerprint density at radius 1 is 1.33 bits per heavy atom. The number of nitrogens with two attached hydrogens (primary N) is 2. The quantitative estimate of drug-likeness (QED) is 0.612. The van der Waals surface area contributed by atoms with Crippen molar-refractivity contribution in [3.63, 3.8) is 0 Å². The van der Waals surface area contributed by atoms with E-state index >= 15 is 0 Å². The molecule has 0 atom stereocenters. The third-order valence-corrected chi connectivity index (χ3v) is 4.36. The highest BCUT2D eigenvalue weighted by Crippen LogP contribution is 2.45. The highest BCUT2D eigenvalue weighted by atomic mass is 32.2. The van der Waals surface area contributed by atoms with Crippen LogP contribution in [-0.4, -0.2) is 33.7 Å². The smallest absolute Gasteiger partial charge is 0.283 e. The topological polar surface area (TPSA) is 125 Å². The summed E-state index contributed by atoms with van der Waals surface area (Å²) in [6.07, 6.45) is 2.95. The minimum Gasteiger partial charge on any atom is -0.496 e. The number of rotatable bonds is 4. The van der Waals surface area contributed by atoms with Crippen LogP contribution in [0.5, 0.6) is 5.75 Å². The van der Waals surface area contributed by atoms with E-state index in [1.165, 1.54) is 13.2 Å². The summed E-state index contributed by atoms with van der Waals surface area (Å²) < 4.78 is 29.1. The summed E-state index contributed by atoms with van der Waals surface area (Å²) in [5.41, 5.74) is 11.1. The van der Waals surface area contributed by atoms with Gasteiger partial charge in [-0.2, -0.15) is 4.99 Å². The van der Waals surface area contributed by atoms with Crippen LogP contribution in [-0.2, 0) is 9.84 Å². The van der Waals surface area contributed by atoms with Crippen molar-refractivity contribution in [3.8, 4) is 5.75 Å². The number of carbonyl (C=O) groups is 1. The van der Waals surface area contributed by atoms with Crippen LogP contribution in [0.3, 0.4) is 0 Å². The first-order valence-corrected chi connectivity index (χ1v) is 8.19. The number of guanidine groups is 1. The molecule has 0 bridgehead atoms. The molecule has 7 nitrogen and oxygen atoms in total. The number of hydrogen-bond acceptors (Lipinski definition) is 4. The molecular formula is C13H17N3O4S. The van der Waals surface area contributed by atoms with Crippen LogP contribution in [0.4, 0.5) is 0 Å². The van der Waals surface area contributed by atoms with Crippen molar-refractivity contribution >= 4 is 21.7 Å². The normalized spacial score (nSPS) is 14.6. The largest absolute Gasteiger partial charge is 0.496 e. The van der Waals surface area contributed by atoms with Crippen molar-refractivity contribution < 1.29 is 17.9 Å². The van der Waals surface area contributed by atoms with Crippen molar-refractivity contribution in [1.29, 1.82) is 0 Å². The molecule has 1 aliphatic carbocycles. The third kappa shape index (κ3) is 3.33. The van der Waals surface area contributed by atoms with Gasteiger partial charge in [-0.25, -0.2) is 8.42 Å². The molecule has 0 spiro atoms. The lowest BCUT2D eigenvalue weighted by Gasteiger charge is -2.13.